The first kappa shape index (κ1) is 17.4. The SMILES string of the molecule is COc1ccc(/C=C\C(=O)C(CN(C)C)CN(C)C)cc1. The van der Waals surface area contributed by atoms with Gasteiger partial charge in [-0.25, -0.2) is 0 Å². The summed E-state index contributed by atoms with van der Waals surface area (Å²) in [5.74, 6) is 0.967. The van der Waals surface area contributed by atoms with E-state index in [1.54, 1.807) is 13.2 Å². The van der Waals surface area contributed by atoms with E-state index in [0.29, 0.717) is 0 Å². The highest BCUT2D eigenvalue weighted by molar-refractivity contribution is 5.95. The molecule has 0 aliphatic heterocycles. The molecule has 0 heterocycles. The Balaban J connectivity index is 2.71. The molecule has 1 aromatic carbocycles. The molecule has 21 heavy (non-hydrogen) atoms. The number of methoxy groups -OCH3 is 1. The van der Waals surface area contributed by atoms with E-state index in [0.717, 1.165) is 24.4 Å². The molecule has 116 valence electrons. The minimum atomic E-state index is -0.00972. The second-order valence-corrected chi connectivity index (χ2v) is 5.73. The van der Waals surface area contributed by atoms with E-state index in [9.17, 15) is 4.79 Å². The quantitative estimate of drug-likeness (QED) is 0.686. The van der Waals surface area contributed by atoms with E-state index in [4.69, 9.17) is 4.74 Å². The highest BCUT2D eigenvalue weighted by Gasteiger charge is 2.17. The van der Waals surface area contributed by atoms with Crippen molar-refractivity contribution in [1.82, 2.24) is 9.80 Å². The molecule has 0 saturated carbocycles. The second kappa shape index (κ2) is 8.60. The average molecular weight is 290 g/mol. The van der Waals surface area contributed by atoms with Gasteiger partial charge in [0.2, 0.25) is 0 Å². The zero-order valence-electron chi connectivity index (χ0n) is 13.7. The van der Waals surface area contributed by atoms with Crippen LogP contribution >= 0.6 is 0 Å². The summed E-state index contributed by atoms with van der Waals surface area (Å²) in [5, 5.41) is 0. The molecule has 1 rings (SSSR count). The van der Waals surface area contributed by atoms with Gasteiger partial charge in [0.15, 0.2) is 5.78 Å². The largest absolute Gasteiger partial charge is 0.497 e. The van der Waals surface area contributed by atoms with Gasteiger partial charge in [0.1, 0.15) is 5.75 Å². The maximum absolute atomic E-state index is 12.3. The van der Waals surface area contributed by atoms with Crippen LogP contribution < -0.4 is 4.74 Å². The Labute approximate surface area is 128 Å². The van der Waals surface area contributed by atoms with Crippen molar-refractivity contribution >= 4 is 11.9 Å². The van der Waals surface area contributed by atoms with Gasteiger partial charge in [-0.2, -0.15) is 0 Å². The van der Waals surface area contributed by atoms with E-state index in [1.165, 1.54) is 0 Å². The number of allylic oxidation sites excluding steroid dienone is 1. The van der Waals surface area contributed by atoms with Crippen LogP contribution in [-0.4, -0.2) is 64.0 Å². The Morgan fingerprint density at radius 1 is 1.10 bits per heavy atom. The molecule has 0 atom stereocenters. The number of rotatable bonds is 8. The zero-order chi connectivity index (χ0) is 15.8. The summed E-state index contributed by atoms with van der Waals surface area (Å²) < 4.78 is 5.12. The van der Waals surface area contributed by atoms with Crippen LogP contribution in [0.2, 0.25) is 0 Å². The van der Waals surface area contributed by atoms with Crippen molar-refractivity contribution in [3.05, 3.63) is 35.9 Å². The fraction of sp³-hybridized carbons (Fsp3) is 0.471. The first-order valence-corrected chi connectivity index (χ1v) is 7.08. The molecular formula is C17H26N2O2. The Kier molecular flexibility index (Phi) is 7.12. The maximum Gasteiger partial charge on any atom is 0.161 e. The third kappa shape index (κ3) is 6.56. The molecule has 0 spiro atoms. The number of benzene rings is 1. The Morgan fingerprint density at radius 2 is 1.62 bits per heavy atom. The van der Waals surface area contributed by atoms with Gasteiger partial charge in [-0.1, -0.05) is 18.2 Å². The van der Waals surface area contributed by atoms with Crippen molar-refractivity contribution in [1.29, 1.82) is 0 Å². The third-order valence-corrected chi connectivity index (χ3v) is 3.13. The molecule has 0 amide bonds. The number of carbonyl (C=O) groups is 1. The van der Waals surface area contributed by atoms with Crippen LogP contribution in [-0.2, 0) is 4.79 Å². The van der Waals surface area contributed by atoms with Crippen molar-refractivity contribution in [3.8, 4) is 5.75 Å². The molecule has 0 bridgehead atoms. The molecule has 1 aromatic rings. The monoisotopic (exact) mass is 290 g/mol. The summed E-state index contributed by atoms with van der Waals surface area (Å²) in [5.41, 5.74) is 0.998. The summed E-state index contributed by atoms with van der Waals surface area (Å²) in [6.07, 6.45) is 3.54. The van der Waals surface area contributed by atoms with Gasteiger partial charge >= 0.3 is 0 Å². The molecule has 0 aliphatic rings. The topological polar surface area (TPSA) is 32.8 Å². The van der Waals surface area contributed by atoms with Gasteiger partial charge < -0.3 is 14.5 Å². The summed E-state index contributed by atoms with van der Waals surface area (Å²) >= 11 is 0. The summed E-state index contributed by atoms with van der Waals surface area (Å²) in [7, 11) is 9.60. The lowest BCUT2D eigenvalue weighted by Crippen LogP contribution is -2.34. The highest BCUT2D eigenvalue weighted by Crippen LogP contribution is 2.13. The van der Waals surface area contributed by atoms with Crippen LogP contribution in [0.25, 0.3) is 6.08 Å². The standard InChI is InChI=1S/C17H26N2O2/c1-18(2)12-15(13-19(3)4)17(20)11-8-14-6-9-16(21-5)10-7-14/h6-11,15H,12-13H2,1-5H3/b11-8-. The summed E-state index contributed by atoms with van der Waals surface area (Å²) in [6.45, 7) is 1.51. The van der Waals surface area contributed by atoms with Gasteiger partial charge in [-0.15, -0.1) is 0 Å². The molecular weight excluding hydrogens is 264 g/mol. The number of hydrogen-bond acceptors (Lipinski definition) is 4. The fourth-order valence-electron chi connectivity index (χ4n) is 2.15. The van der Waals surface area contributed by atoms with Crippen molar-refractivity contribution in [2.75, 3.05) is 48.4 Å². The Morgan fingerprint density at radius 3 is 2.05 bits per heavy atom. The average Bonchev–Trinajstić information content (AvgIpc) is 2.43. The molecule has 0 fully saturated rings. The van der Waals surface area contributed by atoms with Gasteiger partial charge in [0.25, 0.3) is 0 Å². The van der Waals surface area contributed by atoms with E-state index in [-0.39, 0.29) is 11.7 Å². The van der Waals surface area contributed by atoms with Gasteiger partial charge in [0.05, 0.1) is 7.11 Å². The number of ether oxygens (including phenoxy) is 1. The van der Waals surface area contributed by atoms with Crippen LogP contribution in [0, 0.1) is 5.92 Å². The molecule has 4 heteroatoms. The van der Waals surface area contributed by atoms with Gasteiger partial charge in [-0.05, 0) is 52.0 Å². The predicted molar refractivity (Wildman–Crippen MR) is 87.6 cm³/mol. The highest BCUT2D eigenvalue weighted by atomic mass is 16.5. The molecule has 0 aliphatic carbocycles. The number of ketones is 1. The fourth-order valence-corrected chi connectivity index (χ4v) is 2.15. The first-order valence-electron chi connectivity index (χ1n) is 7.08. The summed E-state index contributed by atoms with van der Waals surface area (Å²) in [4.78, 5) is 16.4. The Bertz CT molecular complexity index is 454. The lowest BCUT2D eigenvalue weighted by atomic mass is 10.0. The Hall–Kier alpha value is -1.65. The van der Waals surface area contributed by atoms with Crippen molar-refractivity contribution in [2.24, 2.45) is 5.92 Å². The molecule has 0 radical (unpaired) electrons. The lowest BCUT2D eigenvalue weighted by Gasteiger charge is -2.22. The van der Waals surface area contributed by atoms with Crippen LogP contribution in [0.3, 0.4) is 0 Å². The number of hydrogen-bond donors (Lipinski definition) is 0. The van der Waals surface area contributed by atoms with Crippen molar-refractivity contribution < 1.29 is 9.53 Å². The molecule has 0 unspecified atom stereocenters. The van der Waals surface area contributed by atoms with E-state index >= 15 is 0 Å². The van der Waals surface area contributed by atoms with Crippen LogP contribution in [0.1, 0.15) is 5.56 Å². The van der Waals surface area contributed by atoms with E-state index in [1.807, 2.05) is 68.3 Å². The predicted octanol–water partition coefficient (Wildman–Crippen LogP) is 2.02. The van der Waals surface area contributed by atoms with Crippen LogP contribution in [0.15, 0.2) is 30.3 Å². The molecule has 0 aromatic heterocycles. The van der Waals surface area contributed by atoms with Gasteiger partial charge in [0, 0.05) is 19.0 Å². The molecule has 4 nitrogen and oxygen atoms in total. The minimum absolute atomic E-state index is 0.00972. The number of nitrogens with zero attached hydrogens (tertiary/aromatic N) is 2. The minimum Gasteiger partial charge on any atom is -0.497 e. The number of carbonyl (C=O) groups excluding carboxylic acids is 1. The summed E-state index contributed by atoms with van der Waals surface area (Å²) in [6, 6.07) is 7.66. The van der Waals surface area contributed by atoms with E-state index < -0.39 is 0 Å². The van der Waals surface area contributed by atoms with Crippen molar-refractivity contribution in [2.45, 2.75) is 0 Å². The second-order valence-electron chi connectivity index (χ2n) is 5.73. The third-order valence-electron chi connectivity index (χ3n) is 3.13. The molecule has 0 saturated heterocycles. The lowest BCUT2D eigenvalue weighted by molar-refractivity contribution is -0.119. The smallest absolute Gasteiger partial charge is 0.161 e. The normalized spacial score (nSPS) is 11.8. The van der Waals surface area contributed by atoms with Crippen LogP contribution in [0.5, 0.6) is 5.75 Å². The zero-order valence-corrected chi connectivity index (χ0v) is 13.7. The molecule has 0 N–H and O–H groups in total. The van der Waals surface area contributed by atoms with Crippen molar-refractivity contribution in [3.63, 3.8) is 0 Å². The van der Waals surface area contributed by atoms with Gasteiger partial charge in [-0.3, -0.25) is 4.79 Å². The maximum atomic E-state index is 12.3. The first-order chi connectivity index (χ1) is 9.92. The van der Waals surface area contributed by atoms with Crippen LogP contribution in [0.4, 0.5) is 0 Å². The van der Waals surface area contributed by atoms with E-state index in [2.05, 4.69) is 0 Å².